The fourth-order valence-electron chi connectivity index (χ4n) is 3.26. The number of benzene rings is 4. The van der Waals surface area contributed by atoms with Crippen LogP contribution in [-0.2, 0) is 0 Å². The van der Waals surface area contributed by atoms with Crippen LogP contribution >= 0.6 is 47.8 Å². The molecular weight excluding hydrogens is 682 g/mol. The Morgan fingerprint density at radius 1 is 0.711 bits per heavy atom. The molecule has 10 heteroatoms. The smallest absolute Gasteiger partial charge is 0.343 e. The molecule has 4 aromatic carbocycles. The Morgan fingerprint density at radius 3 is 2.00 bits per heavy atom. The number of amides is 2. The van der Waals surface area contributed by atoms with Gasteiger partial charge >= 0.3 is 5.97 Å². The minimum absolute atomic E-state index is 0.228. The van der Waals surface area contributed by atoms with E-state index in [9.17, 15) is 14.4 Å². The number of para-hydroxylation sites is 1. The summed E-state index contributed by atoms with van der Waals surface area (Å²) in [4.78, 5) is 38.1. The standard InChI is InChI=1S/C28H18Br3N3O4/c29-20-9-5-17(6-10-20)26(35)33-24-4-2-1-3-23(24)27(36)34-32-16-19-15-22(31)13-14-25(19)38-28(37)18-7-11-21(30)12-8-18/h1-16H,(H,33,35)(H,34,36)/b32-16-. The highest BCUT2D eigenvalue weighted by Gasteiger charge is 2.15. The zero-order valence-corrected chi connectivity index (χ0v) is 24.2. The van der Waals surface area contributed by atoms with E-state index in [4.69, 9.17) is 4.74 Å². The molecule has 38 heavy (non-hydrogen) atoms. The number of halogens is 3. The summed E-state index contributed by atoms with van der Waals surface area (Å²) >= 11 is 10.1. The minimum atomic E-state index is -0.533. The molecule has 0 atom stereocenters. The van der Waals surface area contributed by atoms with Crippen molar-refractivity contribution in [1.29, 1.82) is 0 Å². The highest BCUT2D eigenvalue weighted by Crippen LogP contribution is 2.23. The van der Waals surface area contributed by atoms with Gasteiger partial charge in [-0.2, -0.15) is 5.10 Å². The van der Waals surface area contributed by atoms with Crippen LogP contribution in [0.25, 0.3) is 0 Å². The molecule has 0 aliphatic heterocycles. The van der Waals surface area contributed by atoms with Crippen molar-refractivity contribution in [2.75, 3.05) is 5.32 Å². The molecule has 190 valence electrons. The van der Waals surface area contributed by atoms with Crippen LogP contribution in [0.3, 0.4) is 0 Å². The Labute approximate surface area is 243 Å². The highest BCUT2D eigenvalue weighted by atomic mass is 79.9. The van der Waals surface area contributed by atoms with Gasteiger partial charge in [0.25, 0.3) is 11.8 Å². The van der Waals surface area contributed by atoms with E-state index in [-0.39, 0.29) is 17.2 Å². The molecule has 0 fully saturated rings. The molecule has 0 radical (unpaired) electrons. The second-order valence-corrected chi connectivity index (χ2v) is 10.5. The van der Waals surface area contributed by atoms with Gasteiger partial charge in [0.2, 0.25) is 0 Å². The fraction of sp³-hybridized carbons (Fsp3) is 0. The molecule has 4 rings (SSSR count). The van der Waals surface area contributed by atoms with Gasteiger partial charge in [-0.3, -0.25) is 9.59 Å². The third-order valence-electron chi connectivity index (χ3n) is 5.15. The van der Waals surface area contributed by atoms with E-state index >= 15 is 0 Å². The van der Waals surface area contributed by atoms with E-state index < -0.39 is 11.9 Å². The molecule has 0 bridgehead atoms. The molecule has 0 aromatic heterocycles. The molecule has 0 aliphatic carbocycles. The molecule has 4 aromatic rings. The summed E-state index contributed by atoms with van der Waals surface area (Å²) in [5.74, 6) is -1.15. The minimum Gasteiger partial charge on any atom is -0.422 e. The first-order valence-electron chi connectivity index (χ1n) is 11.1. The first-order valence-corrected chi connectivity index (χ1v) is 13.4. The summed E-state index contributed by atoms with van der Waals surface area (Å²) in [6.07, 6.45) is 1.37. The molecule has 0 heterocycles. The van der Waals surface area contributed by atoms with E-state index in [0.29, 0.717) is 22.4 Å². The highest BCUT2D eigenvalue weighted by molar-refractivity contribution is 9.11. The number of ether oxygens (including phenoxy) is 1. The first kappa shape index (κ1) is 27.4. The van der Waals surface area contributed by atoms with Gasteiger partial charge in [-0.25, -0.2) is 10.2 Å². The van der Waals surface area contributed by atoms with Crippen molar-refractivity contribution in [2.45, 2.75) is 0 Å². The van der Waals surface area contributed by atoms with Gasteiger partial charge in [0, 0.05) is 24.5 Å². The van der Waals surface area contributed by atoms with Crippen LogP contribution in [0, 0.1) is 0 Å². The van der Waals surface area contributed by atoms with Crippen LogP contribution in [-0.4, -0.2) is 24.0 Å². The molecule has 0 unspecified atom stereocenters. The maximum atomic E-state index is 12.9. The number of rotatable bonds is 7. The van der Waals surface area contributed by atoms with E-state index in [2.05, 4.69) is 63.6 Å². The van der Waals surface area contributed by atoms with Crippen molar-refractivity contribution in [1.82, 2.24) is 5.43 Å². The van der Waals surface area contributed by atoms with Crippen molar-refractivity contribution in [2.24, 2.45) is 5.10 Å². The molecule has 0 saturated carbocycles. The normalized spacial score (nSPS) is 10.7. The molecular formula is C28H18Br3N3O4. The molecule has 0 spiro atoms. The summed E-state index contributed by atoms with van der Waals surface area (Å²) in [6, 6.07) is 25.3. The number of esters is 1. The fourth-order valence-corrected chi connectivity index (χ4v) is 4.17. The van der Waals surface area contributed by atoms with E-state index in [0.717, 1.165) is 13.4 Å². The molecule has 0 aliphatic rings. The predicted octanol–water partition coefficient (Wildman–Crippen LogP) is 7.21. The summed E-state index contributed by atoms with van der Waals surface area (Å²) in [6.45, 7) is 0. The number of nitrogens with one attached hydrogen (secondary N) is 2. The van der Waals surface area contributed by atoms with Crippen LogP contribution in [0.15, 0.2) is 110 Å². The molecule has 0 saturated heterocycles. The van der Waals surface area contributed by atoms with Gasteiger partial charge < -0.3 is 10.1 Å². The average molecular weight is 700 g/mol. The van der Waals surface area contributed by atoms with Crippen LogP contribution in [0.5, 0.6) is 5.75 Å². The number of nitrogens with zero attached hydrogens (tertiary/aromatic N) is 1. The van der Waals surface area contributed by atoms with Gasteiger partial charge in [0.05, 0.1) is 23.0 Å². The second-order valence-electron chi connectivity index (χ2n) is 7.78. The third kappa shape index (κ3) is 7.25. The maximum absolute atomic E-state index is 12.9. The predicted molar refractivity (Wildman–Crippen MR) is 157 cm³/mol. The van der Waals surface area contributed by atoms with Crippen molar-refractivity contribution in [3.63, 3.8) is 0 Å². The molecule has 2 amide bonds. The van der Waals surface area contributed by atoms with Gasteiger partial charge in [0.15, 0.2) is 0 Å². The average Bonchev–Trinajstić information content (AvgIpc) is 2.91. The largest absolute Gasteiger partial charge is 0.422 e. The Morgan fingerprint density at radius 2 is 1.32 bits per heavy atom. The van der Waals surface area contributed by atoms with Gasteiger partial charge in [0.1, 0.15) is 5.75 Å². The molecule has 7 nitrogen and oxygen atoms in total. The number of hydrogen-bond donors (Lipinski definition) is 2. The molecule has 2 N–H and O–H groups in total. The topological polar surface area (TPSA) is 96.9 Å². The zero-order valence-electron chi connectivity index (χ0n) is 19.5. The van der Waals surface area contributed by atoms with Crippen LogP contribution in [0.1, 0.15) is 36.6 Å². The lowest BCUT2D eigenvalue weighted by atomic mass is 10.1. The lowest BCUT2D eigenvalue weighted by Gasteiger charge is -2.10. The van der Waals surface area contributed by atoms with Crippen LogP contribution < -0.4 is 15.5 Å². The van der Waals surface area contributed by atoms with Gasteiger partial charge in [-0.05, 0) is 78.9 Å². The first-order chi connectivity index (χ1) is 18.3. The SMILES string of the molecule is O=C(Nc1ccccc1C(=O)N/N=C\c1cc(Br)ccc1OC(=O)c1ccc(Br)cc1)c1ccc(Br)cc1. The zero-order chi connectivity index (χ0) is 27.1. The Balaban J connectivity index is 1.47. The van der Waals surface area contributed by atoms with E-state index in [1.54, 1.807) is 91.0 Å². The van der Waals surface area contributed by atoms with Crippen molar-refractivity contribution in [3.05, 3.63) is 127 Å². The lowest BCUT2D eigenvalue weighted by Crippen LogP contribution is -2.21. The summed E-state index contributed by atoms with van der Waals surface area (Å²) < 4.78 is 7.98. The number of carbonyl (C=O) groups excluding carboxylic acids is 3. The van der Waals surface area contributed by atoms with Gasteiger partial charge in [-0.1, -0.05) is 59.9 Å². The quantitative estimate of drug-likeness (QED) is 0.0923. The van der Waals surface area contributed by atoms with Crippen LogP contribution in [0.2, 0.25) is 0 Å². The third-order valence-corrected chi connectivity index (χ3v) is 6.70. The van der Waals surface area contributed by atoms with Gasteiger partial charge in [-0.15, -0.1) is 0 Å². The van der Waals surface area contributed by atoms with Crippen molar-refractivity contribution in [3.8, 4) is 5.75 Å². The summed E-state index contributed by atoms with van der Waals surface area (Å²) in [7, 11) is 0. The van der Waals surface area contributed by atoms with Crippen LogP contribution in [0.4, 0.5) is 5.69 Å². The summed E-state index contributed by atoms with van der Waals surface area (Å²) in [5.41, 5.74) is 4.31. The number of carbonyl (C=O) groups is 3. The Hall–Kier alpha value is -3.60. The lowest BCUT2D eigenvalue weighted by molar-refractivity contribution is 0.0733. The number of anilines is 1. The van der Waals surface area contributed by atoms with E-state index in [1.165, 1.54) is 6.21 Å². The Kier molecular flexibility index (Phi) is 9.22. The number of hydrazone groups is 1. The second kappa shape index (κ2) is 12.8. The van der Waals surface area contributed by atoms with Crippen molar-refractivity contribution < 1.29 is 19.1 Å². The van der Waals surface area contributed by atoms with Crippen molar-refractivity contribution >= 4 is 77.5 Å². The number of hydrogen-bond acceptors (Lipinski definition) is 5. The maximum Gasteiger partial charge on any atom is 0.343 e. The Bertz CT molecular complexity index is 1520. The monoisotopic (exact) mass is 697 g/mol. The van der Waals surface area contributed by atoms with E-state index in [1.807, 2.05) is 0 Å². The summed E-state index contributed by atoms with van der Waals surface area (Å²) in [5, 5.41) is 6.80.